The van der Waals surface area contributed by atoms with Crippen molar-refractivity contribution < 1.29 is 9.59 Å². The lowest BCUT2D eigenvalue weighted by Gasteiger charge is -2.20. The Bertz CT molecular complexity index is 555. The van der Waals surface area contributed by atoms with Crippen molar-refractivity contribution in [3.63, 3.8) is 0 Å². The van der Waals surface area contributed by atoms with E-state index in [1.807, 2.05) is 18.2 Å². The van der Waals surface area contributed by atoms with Gasteiger partial charge in [0.1, 0.15) is 5.92 Å². The van der Waals surface area contributed by atoms with E-state index in [0.717, 1.165) is 10.5 Å². The number of hydrogen-bond acceptors (Lipinski definition) is 4. The molecule has 0 unspecified atom stereocenters. The van der Waals surface area contributed by atoms with Crippen molar-refractivity contribution in [2.75, 3.05) is 7.05 Å². The highest BCUT2D eigenvalue weighted by Gasteiger charge is 2.27. The molecule has 0 N–H and O–H groups in total. The summed E-state index contributed by atoms with van der Waals surface area (Å²) in [7, 11) is 1.39. The topological polar surface area (TPSA) is 85.0 Å². The van der Waals surface area contributed by atoms with Crippen molar-refractivity contribution in [1.82, 2.24) is 4.90 Å². The summed E-state index contributed by atoms with van der Waals surface area (Å²) in [6.07, 6.45) is -0.0497. The maximum absolute atomic E-state index is 12.0. The molecule has 1 aromatic rings. The molecule has 5 nitrogen and oxygen atoms in total. The molecule has 102 valence electrons. The van der Waals surface area contributed by atoms with Crippen molar-refractivity contribution in [2.24, 2.45) is 5.92 Å². The number of hydrogen-bond donors (Lipinski definition) is 0. The number of nitriles is 2. The molecule has 0 fully saturated rings. The summed E-state index contributed by atoms with van der Waals surface area (Å²) in [4.78, 5) is 24.2. The zero-order valence-corrected chi connectivity index (χ0v) is 11.4. The van der Waals surface area contributed by atoms with Crippen LogP contribution in [0.15, 0.2) is 30.3 Å². The van der Waals surface area contributed by atoms with E-state index in [4.69, 9.17) is 10.5 Å². The number of nitrogens with zero attached hydrogens (tertiary/aromatic N) is 3. The van der Waals surface area contributed by atoms with Gasteiger partial charge in [0.05, 0.1) is 12.1 Å². The van der Waals surface area contributed by atoms with E-state index in [1.54, 1.807) is 24.3 Å². The lowest BCUT2D eigenvalue weighted by Crippen LogP contribution is -2.33. The molecule has 0 aliphatic carbocycles. The molecule has 0 aromatic heterocycles. The zero-order chi connectivity index (χ0) is 15.1. The maximum Gasteiger partial charge on any atom is 0.229 e. The van der Waals surface area contributed by atoms with Crippen molar-refractivity contribution in [1.29, 1.82) is 10.5 Å². The second-order valence-electron chi connectivity index (χ2n) is 4.43. The summed E-state index contributed by atoms with van der Waals surface area (Å²) < 4.78 is 0. The average Bonchev–Trinajstić information content (AvgIpc) is 2.47. The van der Waals surface area contributed by atoms with E-state index < -0.39 is 17.7 Å². The normalized spacial score (nSPS) is 11.2. The Labute approximate surface area is 118 Å². The van der Waals surface area contributed by atoms with Gasteiger partial charge in [0, 0.05) is 26.3 Å². The number of imide groups is 1. The van der Waals surface area contributed by atoms with Crippen LogP contribution in [0.3, 0.4) is 0 Å². The first-order valence-corrected chi connectivity index (χ1v) is 6.12. The van der Waals surface area contributed by atoms with Crippen LogP contribution in [0.5, 0.6) is 0 Å². The molecule has 0 aliphatic rings. The number of carbonyl (C=O) groups excluding carboxylic acids is 2. The molecule has 0 aliphatic heterocycles. The minimum Gasteiger partial charge on any atom is -0.286 e. The molecule has 1 rings (SSSR count). The fourth-order valence-corrected chi connectivity index (χ4v) is 1.84. The van der Waals surface area contributed by atoms with Gasteiger partial charge >= 0.3 is 0 Å². The minimum atomic E-state index is -0.929. The summed E-state index contributed by atoms with van der Waals surface area (Å²) in [6.45, 7) is 1.29. The fraction of sp³-hybridized carbons (Fsp3) is 0.333. The number of benzene rings is 1. The summed E-state index contributed by atoms with van der Waals surface area (Å²) in [5.74, 6) is -2.24. The molecule has 5 heteroatoms. The van der Waals surface area contributed by atoms with Crippen LogP contribution in [-0.4, -0.2) is 23.8 Å². The van der Waals surface area contributed by atoms with Crippen molar-refractivity contribution in [3.05, 3.63) is 35.9 Å². The third-order valence-corrected chi connectivity index (χ3v) is 3.15. The van der Waals surface area contributed by atoms with Crippen LogP contribution in [0, 0.1) is 28.6 Å². The standard InChI is InChI=1S/C15H15N3O2/c1-11(19)18(2)15(20)8-14(13(9-16)10-17)12-6-4-3-5-7-12/h3-7,13-14H,8H2,1-2H3/t14-/m1/s1. The first-order chi connectivity index (χ1) is 9.51. The Hall–Kier alpha value is -2.66. The molecule has 0 radical (unpaired) electrons. The predicted molar refractivity (Wildman–Crippen MR) is 72.0 cm³/mol. The van der Waals surface area contributed by atoms with E-state index in [0.29, 0.717) is 0 Å². The Morgan fingerprint density at radius 1 is 1.20 bits per heavy atom. The monoisotopic (exact) mass is 269 g/mol. The largest absolute Gasteiger partial charge is 0.286 e. The summed E-state index contributed by atoms with van der Waals surface area (Å²) in [5, 5.41) is 18.1. The van der Waals surface area contributed by atoms with Gasteiger partial charge in [0.15, 0.2) is 0 Å². The van der Waals surface area contributed by atoms with Crippen LogP contribution < -0.4 is 0 Å². The average molecular weight is 269 g/mol. The molecule has 2 amide bonds. The van der Waals surface area contributed by atoms with Crippen LogP contribution in [0.25, 0.3) is 0 Å². The highest BCUT2D eigenvalue weighted by Crippen LogP contribution is 2.28. The molecule has 0 bridgehead atoms. The third-order valence-electron chi connectivity index (χ3n) is 3.15. The summed E-state index contributed by atoms with van der Waals surface area (Å²) >= 11 is 0. The van der Waals surface area contributed by atoms with Gasteiger partial charge in [-0.3, -0.25) is 14.5 Å². The molecule has 0 spiro atoms. The van der Waals surface area contributed by atoms with E-state index in [2.05, 4.69) is 0 Å². The van der Waals surface area contributed by atoms with Gasteiger partial charge < -0.3 is 0 Å². The molecule has 20 heavy (non-hydrogen) atoms. The van der Waals surface area contributed by atoms with Crippen molar-refractivity contribution in [2.45, 2.75) is 19.3 Å². The molecular weight excluding hydrogens is 254 g/mol. The third kappa shape index (κ3) is 3.66. The number of rotatable bonds is 4. The second-order valence-corrected chi connectivity index (χ2v) is 4.43. The fourth-order valence-electron chi connectivity index (χ4n) is 1.84. The molecule has 0 saturated carbocycles. The quantitative estimate of drug-likeness (QED) is 0.834. The molecule has 0 heterocycles. The molecule has 0 saturated heterocycles. The first-order valence-electron chi connectivity index (χ1n) is 6.12. The van der Waals surface area contributed by atoms with Gasteiger partial charge in [0.2, 0.25) is 11.8 Å². The van der Waals surface area contributed by atoms with E-state index >= 15 is 0 Å². The Morgan fingerprint density at radius 2 is 1.75 bits per heavy atom. The van der Waals surface area contributed by atoms with Crippen molar-refractivity contribution in [3.8, 4) is 12.1 Å². The van der Waals surface area contributed by atoms with Gasteiger partial charge in [-0.25, -0.2) is 0 Å². The van der Waals surface area contributed by atoms with E-state index in [9.17, 15) is 9.59 Å². The van der Waals surface area contributed by atoms with Gasteiger partial charge in [0.25, 0.3) is 0 Å². The van der Waals surface area contributed by atoms with E-state index in [-0.39, 0.29) is 12.3 Å². The van der Waals surface area contributed by atoms with Crippen LogP contribution >= 0.6 is 0 Å². The second kappa shape index (κ2) is 7.06. The van der Waals surface area contributed by atoms with Crippen LogP contribution in [-0.2, 0) is 9.59 Å². The van der Waals surface area contributed by atoms with Crippen LogP contribution in [0.1, 0.15) is 24.8 Å². The van der Waals surface area contributed by atoms with Crippen LogP contribution in [0.4, 0.5) is 0 Å². The van der Waals surface area contributed by atoms with Gasteiger partial charge in [-0.05, 0) is 5.56 Å². The van der Waals surface area contributed by atoms with Crippen molar-refractivity contribution >= 4 is 11.8 Å². The number of amides is 2. The Kier molecular flexibility index (Phi) is 5.43. The summed E-state index contributed by atoms with van der Waals surface area (Å²) in [5.41, 5.74) is 0.742. The SMILES string of the molecule is CC(=O)N(C)C(=O)C[C@H](c1ccccc1)C(C#N)C#N. The highest BCUT2D eigenvalue weighted by molar-refractivity contribution is 5.94. The smallest absolute Gasteiger partial charge is 0.229 e. The van der Waals surface area contributed by atoms with Crippen LogP contribution in [0.2, 0.25) is 0 Å². The lowest BCUT2D eigenvalue weighted by molar-refractivity contribution is -0.142. The predicted octanol–water partition coefficient (Wildman–Crippen LogP) is 1.83. The molecular formula is C15H15N3O2. The van der Waals surface area contributed by atoms with E-state index in [1.165, 1.54) is 14.0 Å². The molecule has 1 aromatic carbocycles. The van der Waals surface area contributed by atoms with Gasteiger partial charge in [-0.2, -0.15) is 10.5 Å². The zero-order valence-electron chi connectivity index (χ0n) is 11.4. The minimum absolute atomic E-state index is 0.0497. The molecule has 1 atom stereocenters. The lowest BCUT2D eigenvalue weighted by atomic mass is 9.85. The number of carbonyl (C=O) groups is 2. The van der Waals surface area contributed by atoms with Gasteiger partial charge in [-0.15, -0.1) is 0 Å². The highest BCUT2D eigenvalue weighted by atomic mass is 16.2. The summed E-state index contributed by atoms with van der Waals surface area (Å²) in [6, 6.07) is 12.7. The van der Waals surface area contributed by atoms with Gasteiger partial charge in [-0.1, -0.05) is 30.3 Å². The Balaban J connectivity index is 3.03. The first kappa shape index (κ1) is 15.4. The maximum atomic E-state index is 12.0. The Morgan fingerprint density at radius 3 is 2.20 bits per heavy atom.